The second-order valence-corrected chi connectivity index (χ2v) is 8.88. The van der Waals surface area contributed by atoms with Gasteiger partial charge in [0, 0.05) is 43.5 Å². The van der Waals surface area contributed by atoms with Crippen molar-refractivity contribution >= 4 is 56.7 Å². The van der Waals surface area contributed by atoms with E-state index in [9.17, 15) is 4.79 Å². The molecular weight excluding hydrogens is 485 g/mol. The van der Waals surface area contributed by atoms with Crippen molar-refractivity contribution in [3.05, 3.63) is 68.9 Å². The lowest BCUT2D eigenvalue weighted by atomic mass is 9.90. The first-order valence-corrected chi connectivity index (χ1v) is 10.9. The van der Waals surface area contributed by atoms with E-state index in [-0.39, 0.29) is 11.9 Å². The zero-order chi connectivity index (χ0) is 19.5. The highest BCUT2D eigenvalue weighted by Crippen LogP contribution is 2.28. The van der Waals surface area contributed by atoms with Crippen molar-refractivity contribution in [1.29, 1.82) is 0 Å². The Morgan fingerprint density at radius 3 is 2.61 bits per heavy atom. The summed E-state index contributed by atoms with van der Waals surface area (Å²) in [5.74, 6) is 0.0203. The van der Waals surface area contributed by atoms with Gasteiger partial charge >= 0.3 is 0 Å². The summed E-state index contributed by atoms with van der Waals surface area (Å²) in [5.41, 5.74) is 2.72. The maximum absolute atomic E-state index is 12.5. The number of carbonyl (C=O) groups excluding carboxylic acids is 1. The molecule has 144 valence electrons. The minimum absolute atomic E-state index is 0.0203. The van der Waals surface area contributed by atoms with Gasteiger partial charge in [-0.1, -0.05) is 17.7 Å². The lowest BCUT2D eigenvalue weighted by Crippen LogP contribution is -2.40. The Bertz CT molecular complexity index is 1000. The molecule has 0 atom stereocenters. The Labute approximate surface area is 183 Å². The molecule has 0 unspecified atom stereocenters. The van der Waals surface area contributed by atoms with Crippen LogP contribution < -0.4 is 10.6 Å². The van der Waals surface area contributed by atoms with Gasteiger partial charge in [-0.25, -0.2) is 0 Å². The van der Waals surface area contributed by atoms with Gasteiger partial charge < -0.3 is 10.6 Å². The van der Waals surface area contributed by atoms with Crippen molar-refractivity contribution in [2.24, 2.45) is 0 Å². The number of carbonyl (C=O) groups is 1. The lowest BCUT2D eigenvalue weighted by Gasteiger charge is -2.30. The van der Waals surface area contributed by atoms with Crippen LogP contribution in [0.4, 0.5) is 5.69 Å². The fraction of sp³-hybridized carbons (Fsp3) is 0.273. The van der Waals surface area contributed by atoms with E-state index in [1.165, 1.54) is 0 Å². The summed E-state index contributed by atoms with van der Waals surface area (Å²) in [6, 6.07) is 16.1. The Morgan fingerprint density at radius 2 is 1.82 bits per heavy atom. The number of hydrogen-bond acceptors (Lipinski definition) is 3. The van der Waals surface area contributed by atoms with Crippen molar-refractivity contribution in [1.82, 2.24) is 10.3 Å². The molecule has 0 saturated heterocycles. The van der Waals surface area contributed by atoms with Crippen LogP contribution in [-0.2, 0) is 0 Å². The number of hydrogen-bond donors (Lipinski definition) is 2. The minimum Gasteiger partial charge on any atom is -0.382 e. The summed E-state index contributed by atoms with van der Waals surface area (Å²) < 4.78 is 1.07. The first-order valence-electron chi connectivity index (χ1n) is 9.46. The number of halogens is 2. The molecule has 1 heterocycles. The van der Waals surface area contributed by atoms with Crippen LogP contribution in [0.2, 0.25) is 5.02 Å². The third-order valence-corrected chi connectivity index (χ3v) is 6.12. The van der Waals surface area contributed by atoms with Crippen molar-refractivity contribution < 1.29 is 4.79 Å². The molecule has 1 aromatic heterocycles. The Hall–Kier alpha value is -1.86. The van der Waals surface area contributed by atoms with Crippen LogP contribution >= 0.6 is 34.2 Å². The van der Waals surface area contributed by atoms with Crippen LogP contribution in [0.3, 0.4) is 0 Å². The van der Waals surface area contributed by atoms with E-state index in [0.29, 0.717) is 11.1 Å². The monoisotopic (exact) mass is 505 g/mol. The van der Waals surface area contributed by atoms with Gasteiger partial charge in [0.15, 0.2) is 0 Å². The molecule has 2 N–H and O–H groups in total. The predicted octanol–water partition coefficient (Wildman–Crippen LogP) is 5.65. The Balaban J connectivity index is 1.35. The minimum atomic E-state index is 0.0203. The number of fused-ring (bicyclic) bond motifs is 1. The fourth-order valence-electron chi connectivity index (χ4n) is 3.75. The molecule has 0 spiro atoms. The average molecular weight is 506 g/mol. The van der Waals surface area contributed by atoms with Gasteiger partial charge in [0.2, 0.25) is 0 Å². The normalized spacial score (nSPS) is 19.4. The third-order valence-electron chi connectivity index (χ3n) is 5.21. The summed E-state index contributed by atoms with van der Waals surface area (Å²) in [4.78, 5) is 16.9. The number of rotatable bonds is 4. The number of pyridine rings is 1. The van der Waals surface area contributed by atoms with E-state index in [0.717, 1.165) is 51.4 Å². The Kier molecular flexibility index (Phi) is 6.01. The fourth-order valence-corrected chi connectivity index (χ4v) is 4.46. The van der Waals surface area contributed by atoms with E-state index < -0.39 is 0 Å². The van der Waals surface area contributed by atoms with Crippen LogP contribution in [0.15, 0.2) is 54.7 Å². The van der Waals surface area contributed by atoms with Crippen LogP contribution in [0.5, 0.6) is 0 Å². The van der Waals surface area contributed by atoms with Gasteiger partial charge in [0.05, 0.1) is 5.52 Å². The van der Waals surface area contributed by atoms with Crippen molar-refractivity contribution in [2.75, 3.05) is 5.32 Å². The summed E-state index contributed by atoms with van der Waals surface area (Å²) in [6.07, 6.45) is 5.81. The van der Waals surface area contributed by atoms with E-state index in [1.54, 1.807) is 0 Å². The summed E-state index contributed by atoms with van der Waals surface area (Å²) in [7, 11) is 0. The van der Waals surface area contributed by atoms with Gasteiger partial charge in [0.1, 0.15) is 0 Å². The van der Waals surface area contributed by atoms with Crippen molar-refractivity contribution in [3.8, 4) is 0 Å². The van der Waals surface area contributed by atoms with Crippen molar-refractivity contribution in [3.63, 3.8) is 0 Å². The molecule has 28 heavy (non-hydrogen) atoms. The molecule has 0 bridgehead atoms. The van der Waals surface area contributed by atoms with E-state index in [4.69, 9.17) is 11.6 Å². The highest BCUT2D eigenvalue weighted by atomic mass is 127. The second kappa shape index (κ2) is 8.66. The van der Waals surface area contributed by atoms with E-state index in [1.807, 2.05) is 54.7 Å². The topological polar surface area (TPSA) is 54.0 Å². The van der Waals surface area contributed by atoms with Crippen molar-refractivity contribution in [2.45, 2.75) is 37.8 Å². The molecule has 0 radical (unpaired) electrons. The molecule has 4 nitrogen and oxygen atoms in total. The molecular formula is C22H21ClIN3O. The molecule has 0 aliphatic heterocycles. The molecule has 1 fully saturated rings. The summed E-state index contributed by atoms with van der Waals surface area (Å²) >= 11 is 8.31. The molecule has 1 aliphatic rings. The first kappa shape index (κ1) is 19.5. The van der Waals surface area contributed by atoms with E-state index in [2.05, 4.69) is 38.2 Å². The van der Waals surface area contributed by atoms with Crippen LogP contribution in [0.25, 0.3) is 10.9 Å². The third kappa shape index (κ3) is 4.58. The molecule has 4 rings (SSSR count). The number of nitrogens with zero attached hydrogens (tertiary/aromatic N) is 1. The van der Waals surface area contributed by atoms with Gasteiger partial charge in [-0.3, -0.25) is 9.78 Å². The highest BCUT2D eigenvalue weighted by Gasteiger charge is 2.23. The molecule has 6 heteroatoms. The average Bonchev–Trinajstić information content (AvgIpc) is 2.69. The quantitative estimate of drug-likeness (QED) is 0.451. The number of aromatic nitrogens is 1. The largest absolute Gasteiger partial charge is 0.382 e. The molecule has 3 aromatic rings. The smallest absolute Gasteiger partial charge is 0.251 e. The zero-order valence-electron chi connectivity index (χ0n) is 15.3. The molecule has 1 saturated carbocycles. The summed E-state index contributed by atoms with van der Waals surface area (Å²) in [6.45, 7) is 0. The summed E-state index contributed by atoms with van der Waals surface area (Å²) in [5, 5.41) is 8.63. The van der Waals surface area contributed by atoms with Crippen LogP contribution in [-0.4, -0.2) is 23.0 Å². The number of nitrogens with one attached hydrogen (secondary N) is 2. The number of benzene rings is 2. The van der Waals surface area contributed by atoms with Gasteiger partial charge in [-0.15, -0.1) is 0 Å². The van der Waals surface area contributed by atoms with Crippen LogP contribution in [0, 0.1) is 3.57 Å². The maximum atomic E-state index is 12.5. The van der Waals surface area contributed by atoms with Gasteiger partial charge in [-0.05, 0) is 90.7 Å². The number of amides is 1. The predicted molar refractivity (Wildman–Crippen MR) is 123 cm³/mol. The standard InChI is InChI=1S/C22H21ClIN3O/c23-15-4-9-19-20(10-11-25-21(19)13-15)26-17-5-7-18(8-6-17)27-22(28)14-2-1-3-16(24)12-14/h1-4,9-13,17-18H,5-8H2,(H,25,26)(H,27,28)/t17-,18+. The second-order valence-electron chi connectivity index (χ2n) is 7.20. The Morgan fingerprint density at radius 1 is 1.04 bits per heavy atom. The SMILES string of the molecule is O=C(N[C@H]1CC[C@@H](Nc2ccnc3cc(Cl)ccc23)CC1)c1cccc(I)c1. The van der Waals surface area contributed by atoms with Gasteiger partial charge in [0.25, 0.3) is 5.91 Å². The van der Waals surface area contributed by atoms with E-state index >= 15 is 0 Å². The molecule has 2 aromatic carbocycles. The highest BCUT2D eigenvalue weighted by molar-refractivity contribution is 14.1. The molecule has 1 aliphatic carbocycles. The lowest BCUT2D eigenvalue weighted by molar-refractivity contribution is 0.0926. The number of anilines is 1. The van der Waals surface area contributed by atoms with Gasteiger partial charge in [-0.2, -0.15) is 0 Å². The maximum Gasteiger partial charge on any atom is 0.251 e. The molecule has 1 amide bonds. The zero-order valence-corrected chi connectivity index (χ0v) is 18.2. The van der Waals surface area contributed by atoms with Crippen LogP contribution in [0.1, 0.15) is 36.0 Å². The first-order chi connectivity index (χ1) is 13.6.